The van der Waals surface area contributed by atoms with Gasteiger partial charge in [0.25, 0.3) is 0 Å². The molecule has 0 saturated heterocycles. The fraction of sp³-hybridized carbons (Fsp3) is 0.500. The summed E-state index contributed by atoms with van der Waals surface area (Å²) in [5.41, 5.74) is 7.18. The number of aryl methyl sites for hydroxylation is 1. The smallest absolute Gasteiger partial charge is 0.181 e. The summed E-state index contributed by atoms with van der Waals surface area (Å²) in [7, 11) is 0. The number of hydrogen-bond acceptors (Lipinski definition) is 5. The Morgan fingerprint density at radius 2 is 1.85 bits per heavy atom. The molecule has 0 fully saturated rings. The molecule has 3 aliphatic rings. The van der Waals surface area contributed by atoms with Crippen LogP contribution in [0.1, 0.15) is 79.5 Å². The molecule has 2 aliphatic carbocycles. The number of fused-ring (bicyclic) bond motifs is 3. The Morgan fingerprint density at radius 1 is 1.03 bits per heavy atom. The Bertz CT molecular complexity index is 1250. The highest BCUT2D eigenvalue weighted by Gasteiger charge is 2.40. The normalized spacial score (nSPS) is 21.2. The van der Waals surface area contributed by atoms with Gasteiger partial charge in [0.05, 0.1) is 11.3 Å². The van der Waals surface area contributed by atoms with Gasteiger partial charge < -0.3 is 14.4 Å². The fourth-order valence-corrected chi connectivity index (χ4v) is 6.53. The van der Waals surface area contributed by atoms with Crippen molar-refractivity contribution < 1.29 is 14.4 Å². The molecule has 5 nitrogen and oxygen atoms in total. The van der Waals surface area contributed by atoms with Gasteiger partial charge >= 0.3 is 0 Å². The molecule has 6 heteroatoms. The fourth-order valence-electron chi connectivity index (χ4n) is 6.29. The van der Waals surface area contributed by atoms with E-state index < -0.39 is 5.60 Å². The van der Waals surface area contributed by atoms with E-state index in [4.69, 9.17) is 20.9 Å². The summed E-state index contributed by atoms with van der Waals surface area (Å²) >= 11 is 6.62. The lowest BCUT2D eigenvalue weighted by Gasteiger charge is -2.31. The number of benzene rings is 1. The molecular formula is C28H31ClN2O3. The molecule has 6 rings (SSSR count). The van der Waals surface area contributed by atoms with E-state index in [-0.39, 0.29) is 12.0 Å². The third-order valence-electron chi connectivity index (χ3n) is 8.39. The zero-order valence-electron chi connectivity index (χ0n) is 19.9. The van der Waals surface area contributed by atoms with Crippen molar-refractivity contribution in [3.05, 3.63) is 63.3 Å². The topological polar surface area (TPSA) is 68.4 Å². The summed E-state index contributed by atoms with van der Waals surface area (Å²) in [5, 5.41) is 16.3. The Balaban J connectivity index is 1.37. The third kappa shape index (κ3) is 3.47. The van der Waals surface area contributed by atoms with E-state index in [1.807, 2.05) is 18.3 Å². The number of ether oxygens (including phenoxy) is 1. The van der Waals surface area contributed by atoms with Crippen LogP contribution in [-0.2, 0) is 32.1 Å². The maximum atomic E-state index is 11.2. The standard InChI is InChI=1S/C28H31ClN2O3/c1-3-28(32,4-2)17-13-21-19(9-10-30-24(21)14-17)22-15-18(29)11-16-12-25(33-26(16)22)27-20-7-5-6-8-23(20)31-34-27/h9-11,15,17,25,32H,3-8,12-14H2,1-2H3/t17?,25-/m1/s1. The average molecular weight is 479 g/mol. The molecule has 2 aromatic heterocycles. The van der Waals surface area contributed by atoms with Gasteiger partial charge in [-0.1, -0.05) is 30.6 Å². The maximum Gasteiger partial charge on any atom is 0.181 e. The summed E-state index contributed by atoms with van der Waals surface area (Å²) in [6, 6.07) is 6.09. The van der Waals surface area contributed by atoms with Gasteiger partial charge in [0.15, 0.2) is 11.9 Å². The Hall–Kier alpha value is -2.37. The molecule has 0 spiro atoms. The minimum Gasteiger partial charge on any atom is -0.481 e. The molecule has 2 atom stereocenters. The van der Waals surface area contributed by atoms with Gasteiger partial charge in [-0.25, -0.2) is 0 Å². The molecule has 3 heterocycles. The lowest BCUT2D eigenvalue weighted by Crippen LogP contribution is -2.37. The van der Waals surface area contributed by atoms with Crippen molar-refractivity contribution in [1.82, 2.24) is 10.1 Å². The maximum absolute atomic E-state index is 11.2. The van der Waals surface area contributed by atoms with Crippen molar-refractivity contribution in [2.45, 2.75) is 83.3 Å². The van der Waals surface area contributed by atoms with Gasteiger partial charge in [-0.2, -0.15) is 0 Å². The SMILES string of the molecule is CCC(O)(CC)C1Cc2nccc(-c3cc(Cl)cc4c3O[C@@H](c3onc5c3CCCC5)C4)c2C1. The molecule has 1 aromatic carbocycles. The lowest BCUT2D eigenvalue weighted by molar-refractivity contribution is -0.0222. The molecule has 0 saturated carbocycles. The van der Waals surface area contributed by atoms with E-state index in [0.717, 1.165) is 84.5 Å². The number of halogens is 1. The molecule has 1 aliphatic heterocycles. The molecular weight excluding hydrogens is 448 g/mol. The van der Waals surface area contributed by atoms with E-state index in [2.05, 4.69) is 30.1 Å². The van der Waals surface area contributed by atoms with Crippen molar-refractivity contribution in [2.24, 2.45) is 5.92 Å². The predicted octanol–water partition coefficient (Wildman–Crippen LogP) is 6.21. The average Bonchev–Trinajstić information content (AvgIpc) is 3.58. The Morgan fingerprint density at radius 3 is 2.68 bits per heavy atom. The second-order valence-corrected chi connectivity index (χ2v) is 10.6. The molecule has 0 radical (unpaired) electrons. The zero-order valence-corrected chi connectivity index (χ0v) is 20.6. The molecule has 0 bridgehead atoms. The first kappa shape index (κ1) is 22.1. The Kier molecular flexibility index (Phi) is 5.45. The first-order valence-electron chi connectivity index (χ1n) is 12.7. The largest absolute Gasteiger partial charge is 0.481 e. The summed E-state index contributed by atoms with van der Waals surface area (Å²) in [6.07, 6.45) is 9.88. The zero-order chi connectivity index (χ0) is 23.4. The van der Waals surface area contributed by atoms with Crippen molar-refractivity contribution >= 4 is 11.6 Å². The van der Waals surface area contributed by atoms with Crippen LogP contribution in [-0.4, -0.2) is 20.8 Å². The molecule has 0 amide bonds. The minimum atomic E-state index is -0.665. The lowest BCUT2D eigenvalue weighted by atomic mass is 9.81. The highest BCUT2D eigenvalue weighted by Crippen LogP contribution is 2.49. The number of aromatic nitrogens is 2. The van der Waals surface area contributed by atoms with Crippen LogP contribution in [0.5, 0.6) is 5.75 Å². The van der Waals surface area contributed by atoms with Gasteiger partial charge in [-0.15, -0.1) is 0 Å². The Labute approximate surface area is 205 Å². The number of pyridine rings is 1. The summed E-state index contributed by atoms with van der Waals surface area (Å²) in [5.74, 6) is 1.94. The van der Waals surface area contributed by atoms with Gasteiger partial charge in [0, 0.05) is 40.0 Å². The van der Waals surface area contributed by atoms with Crippen LogP contribution in [0.2, 0.25) is 5.02 Å². The van der Waals surface area contributed by atoms with Crippen LogP contribution < -0.4 is 4.74 Å². The third-order valence-corrected chi connectivity index (χ3v) is 8.61. The van der Waals surface area contributed by atoms with E-state index >= 15 is 0 Å². The van der Waals surface area contributed by atoms with Gasteiger partial charge in [-0.3, -0.25) is 4.98 Å². The number of aliphatic hydroxyl groups is 1. The molecule has 3 aromatic rings. The number of rotatable bonds is 5. The highest BCUT2D eigenvalue weighted by atomic mass is 35.5. The summed E-state index contributed by atoms with van der Waals surface area (Å²) in [4.78, 5) is 4.69. The van der Waals surface area contributed by atoms with Crippen molar-refractivity contribution in [1.29, 1.82) is 0 Å². The van der Waals surface area contributed by atoms with Crippen LogP contribution in [0, 0.1) is 5.92 Å². The van der Waals surface area contributed by atoms with Gasteiger partial charge in [-0.05, 0) is 86.6 Å². The molecule has 1 N–H and O–H groups in total. The second-order valence-electron chi connectivity index (χ2n) is 10.1. The molecule has 178 valence electrons. The van der Waals surface area contributed by atoms with E-state index in [0.29, 0.717) is 5.02 Å². The van der Waals surface area contributed by atoms with E-state index in [1.54, 1.807) is 0 Å². The number of hydrogen-bond donors (Lipinski definition) is 1. The van der Waals surface area contributed by atoms with Crippen molar-refractivity contribution in [3.63, 3.8) is 0 Å². The minimum absolute atomic E-state index is 0.172. The second kappa shape index (κ2) is 8.39. The highest BCUT2D eigenvalue weighted by molar-refractivity contribution is 6.31. The van der Waals surface area contributed by atoms with Crippen molar-refractivity contribution in [2.75, 3.05) is 0 Å². The molecule has 34 heavy (non-hydrogen) atoms. The predicted molar refractivity (Wildman–Crippen MR) is 131 cm³/mol. The van der Waals surface area contributed by atoms with Crippen LogP contribution >= 0.6 is 11.6 Å². The van der Waals surface area contributed by atoms with Crippen LogP contribution in [0.15, 0.2) is 28.9 Å². The first-order chi connectivity index (χ1) is 16.5. The van der Waals surface area contributed by atoms with Crippen LogP contribution in [0.4, 0.5) is 0 Å². The quantitative estimate of drug-likeness (QED) is 0.472. The summed E-state index contributed by atoms with van der Waals surface area (Å²) < 4.78 is 12.4. The summed E-state index contributed by atoms with van der Waals surface area (Å²) in [6.45, 7) is 4.14. The van der Waals surface area contributed by atoms with E-state index in [9.17, 15) is 5.11 Å². The monoisotopic (exact) mass is 478 g/mol. The number of nitrogens with zero attached hydrogens (tertiary/aromatic N) is 2. The molecule has 1 unspecified atom stereocenters. The van der Waals surface area contributed by atoms with Crippen LogP contribution in [0.25, 0.3) is 11.1 Å². The van der Waals surface area contributed by atoms with Gasteiger partial charge in [0.2, 0.25) is 0 Å². The van der Waals surface area contributed by atoms with E-state index in [1.165, 1.54) is 24.0 Å². The first-order valence-corrected chi connectivity index (χ1v) is 13.0. The van der Waals surface area contributed by atoms with Gasteiger partial charge in [0.1, 0.15) is 5.75 Å². The van der Waals surface area contributed by atoms with Crippen molar-refractivity contribution in [3.8, 4) is 16.9 Å². The van der Waals surface area contributed by atoms with Crippen LogP contribution in [0.3, 0.4) is 0 Å².